The number of nitrogens with zero attached hydrogens (tertiary/aromatic N) is 3. The Balaban J connectivity index is 1.60. The van der Waals surface area contributed by atoms with Crippen molar-refractivity contribution in [3.8, 4) is 5.88 Å². The lowest BCUT2D eigenvalue weighted by atomic mass is 9.77. The number of fused-ring (bicyclic) bond motifs is 1. The van der Waals surface area contributed by atoms with Crippen molar-refractivity contribution in [2.45, 2.75) is 64.4 Å². The number of ether oxygens (including phenoxy) is 1. The molecule has 2 heterocycles. The minimum Gasteiger partial charge on any atom is -0.481 e. The molecule has 0 amide bonds. The maximum Gasteiger partial charge on any atom is 0.303 e. The first kappa shape index (κ1) is 21.6. The standard InChI is InChI=1S/C23H27ClN4O3/c1-12-26-21(25)19-22(27-12)31-23(2,3)20(28-19)15-8-9-16(17(24)11-15)14-6-4-13(5-7-14)10-18(29)30/h8-9,11,13-14H,4-7,10H2,1-3H3,(H,29,30)(H2,25,26,27)/t13-,14-. The molecule has 1 aliphatic carbocycles. The zero-order chi connectivity index (χ0) is 22.3. The van der Waals surface area contributed by atoms with Crippen LogP contribution in [0.4, 0.5) is 11.5 Å². The monoisotopic (exact) mass is 442 g/mol. The lowest BCUT2D eigenvalue weighted by Crippen LogP contribution is -2.41. The van der Waals surface area contributed by atoms with E-state index >= 15 is 0 Å². The van der Waals surface area contributed by atoms with Gasteiger partial charge in [-0.3, -0.25) is 4.79 Å². The number of aromatic nitrogens is 2. The lowest BCUT2D eigenvalue weighted by molar-refractivity contribution is -0.138. The summed E-state index contributed by atoms with van der Waals surface area (Å²) in [6, 6.07) is 6.01. The third-order valence-electron chi connectivity index (χ3n) is 6.16. The van der Waals surface area contributed by atoms with Crippen molar-refractivity contribution in [3.05, 3.63) is 40.2 Å². The van der Waals surface area contributed by atoms with Gasteiger partial charge in [0.05, 0.1) is 5.71 Å². The fraction of sp³-hybridized carbons (Fsp3) is 0.478. The molecule has 0 bridgehead atoms. The van der Waals surface area contributed by atoms with E-state index in [1.807, 2.05) is 26.0 Å². The van der Waals surface area contributed by atoms with Crippen LogP contribution in [0.2, 0.25) is 5.02 Å². The predicted molar refractivity (Wildman–Crippen MR) is 120 cm³/mol. The quantitative estimate of drug-likeness (QED) is 0.684. The van der Waals surface area contributed by atoms with Gasteiger partial charge in [-0.05, 0) is 69.9 Å². The molecule has 2 aliphatic rings. The summed E-state index contributed by atoms with van der Waals surface area (Å²) in [5.41, 5.74) is 8.49. The van der Waals surface area contributed by atoms with Gasteiger partial charge in [0.25, 0.3) is 0 Å². The molecular weight excluding hydrogens is 416 g/mol. The van der Waals surface area contributed by atoms with Crippen molar-refractivity contribution >= 4 is 34.8 Å². The first-order chi connectivity index (χ1) is 14.6. The van der Waals surface area contributed by atoms with Crippen molar-refractivity contribution in [2.75, 3.05) is 5.73 Å². The molecule has 0 atom stereocenters. The molecule has 0 spiro atoms. The van der Waals surface area contributed by atoms with Gasteiger partial charge in [0.15, 0.2) is 11.5 Å². The van der Waals surface area contributed by atoms with Gasteiger partial charge >= 0.3 is 5.97 Å². The second kappa shape index (κ2) is 8.11. The molecule has 164 valence electrons. The molecule has 1 saturated carbocycles. The minimum atomic E-state index is -0.716. The van der Waals surface area contributed by atoms with E-state index in [0.29, 0.717) is 28.3 Å². The number of nitrogens with two attached hydrogens (primary N) is 1. The van der Waals surface area contributed by atoms with Crippen molar-refractivity contribution in [1.82, 2.24) is 9.97 Å². The minimum absolute atomic E-state index is 0.252. The van der Waals surface area contributed by atoms with Crippen LogP contribution < -0.4 is 10.5 Å². The van der Waals surface area contributed by atoms with Gasteiger partial charge in [-0.25, -0.2) is 9.98 Å². The smallest absolute Gasteiger partial charge is 0.303 e. The van der Waals surface area contributed by atoms with E-state index in [1.165, 1.54) is 0 Å². The number of carbonyl (C=O) groups is 1. The highest BCUT2D eigenvalue weighted by Gasteiger charge is 2.36. The molecule has 3 N–H and O–H groups in total. The van der Waals surface area contributed by atoms with E-state index in [4.69, 9.17) is 32.2 Å². The summed E-state index contributed by atoms with van der Waals surface area (Å²) in [6.45, 7) is 5.64. The molecule has 31 heavy (non-hydrogen) atoms. The Morgan fingerprint density at radius 2 is 1.97 bits per heavy atom. The van der Waals surface area contributed by atoms with Crippen molar-refractivity contribution < 1.29 is 14.6 Å². The Morgan fingerprint density at radius 1 is 1.26 bits per heavy atom. The summed E-state index contributed by atoms with van der Waals surface area (Å²) in [6.07, 6.45) is 3.98. The number of hydrogen-bond acceptors (Lipinski definition) is 6. The molecule has 0 unspecified atom stereocenters. The van der Waals surface area contributed by atoms with E-state index in [9.17, 15) is 4.79 Å². The summed E-state index contributed by atoms with van der Waals surface area (Å²) in [5, 5.41) is 9.71. The maximum absolute atomic E-state index is 11.0. The summed E-state index contributed by atoms with van der Waals surface area (Å²) >= 11 is 6.71. The number of anilines is 1. The number of aryl methyl sites for hydroxylation is 1. The number of halogens is 1. The highest BCUT2D eigenvalue weighted by molar-refractivity contribution is 6.32. The number of hydrogen-bond donors (Lipinski definition) is 2. The van der Waals surface area contributed by atoms with E-state index in [2.05, 4.69) is 16.0 Å². The topological polar surface area (TPSA) is 111 Å². The van der Waals surface area contributed by atoms with Crippen molar-refractivity contribution in [3.63, 3.8) is 0 Å². The number of benzene rings is 1. The van der Waals surface area contributed by atoms with Gasteiger partial charge < -0.3 is 15.6 Å². The maximum atomic E-state index is 11.0. The average molecular weight is 443 g/mol. The SMILES string of the molecule is Cc1nc(N)c2c(n1)OC(C)(C)C(c1ccc([C@H]3CC[C@H](CC(=O)O)CC3)c(Cl)c1)=N2. The second-order valence-electron chi connectivity index (χ2n) is 8.93. The van der Waals surface area contributed by atoms with Crippen LogP contribution in [0, 0.1) is 12.8 Å². The molecule has 2 aromatic rings. The molecular formula is C23H27ClN4O3. The zero-order valence-corrected chi connectivity index (χ0v) is 18.7. The van der Waals surface area contributed by atoms with Crippen LogP contribution in [0.1, 0.15) is 68.8 Å². The summed E-state index contributed by atoms with van der Waals surface area (Å²) in [4.78, 5) is 24.3. The van der Waals surface area contributed by atoms with Crippen molar-refractivity contribution in [1.29, 1.82) is 0 Å². The number of nitrogen functional groups attached to an aromatic ring is 1. The van der Waals surface area contributed by atoms with E-state index in [0.717, 1.165) is 42.5 Å². The molecule has 1 aromatic heterocycles. The van der Waals surface area contributed by atoms with E-state index in [1.54, 1.807) is 6.92 Å². The van der Waals surface area contributed by atoms with Crippen LogP contribution in [0.25, 0.3) is 0 Å². The number of carboxylic acid groups (broad SMARTS) is 1. The van der Waals surface area contributed by atoms with Gasteiger partial charge in [0, 0.05) is 17.0 Å². The van der Waals surface area contributed by atoms with Crippen molar-refractivity contribution in [2.24, 2.45) is 10.9 Å². The molecule has 1 fully saturated rings. The highest BCUT2D eigenvalue weighted by Crippen LogP contribution is 2.42. The van der Waals surface area contributed by atoms with Crippen LogP contribution >= 0.6 is 11.6 Å². The van der Waals surface area contributed by atoms with Gasteiger partial charge in [-0.1, -0.05) is 23.7 Å². The average Bonchev–Trinajstić information content (AvgIpc) is 2.67. The number of aliphatic imine (C=N–C) groups is 1. The Bertz CT molecular complexity index is 1060. The van der Waals surface area contributed by atoms with E-state index in [-0.39, 0.29) is 18.2 Å². The Hall–Kier alpha value is -2.67. The molecule has 7 nitrogen and oxygen atoms in total. The van der Waals surface area contributed by atoms with Crippen LogP contribution in [-0.2, 0) is 4.79 Å². The van der Waals surface area contributed by atoms with Crippen LogP contribution in [0.5, 0.6) is 5.88 Å². The third kappa shape index (κ3) is 4.37. The number of aliphatic carboxylic acids is 1. The Labute approximate surface area is 186 Å². The van der Waals surface area contributed by atoms with Gasteiger partial charge in [0.1, 0.15) is 11.4 Å². The zero-order valence-electron chi connectivity index (χ0n) is 18.0. The Morgan fingerprint density at radius 3 is 2.61 bits per heavy atom. The lowest BCUT2D eigenvalue weighted by Gasteiger charge is -2.33. The predicted octanol–water partition coefficient (Wildman–Crippen LogP) is 5.06. The Kier molecular flexibility index (Phi) is 5.64. The third-order valence-corrected chi connectivity index (χ3v) is 6.49. The summed E-state index contributed by atoms with van der Waals surface area (Å²) in [7, 11) is 0. The molecule has 0 saturated heterocycles. The molecule has 0 radical (unpaired) electrons. The van der Waals surface area contributed by atoms with Crippen LogP contribution in [-0.4, -0.2) is 32.4 Å². The summed E-state index contributed by atoms with van der Waals surface area (Å²) in [5.74, 6) is 1.11. The van der Waals surface area contributed by atoms with Gasteiger partial charge in [0.2, 0.25) is 5.88 Å². The fourth-order valence-corrected chi connectivity index (χ4v) is 4.95. The van der Waals surface area contributed by atoms with Gasteiger partial charge in [-0.15, -0.1) is 0 Å². The largest absolute Gasteiger partial charge is 0.481 e. The highest BCUT2D eigenvalue weighted by atomic mass is 35.5. The van der Waals surface area contributed by atoms with Gasteiger partial charge in [-0.2, -0.15) is 4.98 Å². The number of rotatable bonds is 4. The van der Waals surface area contributed by atoms with Crippen LogP contribution in [0.3, 0.4) is 0 Å². The molecule has 1 aliphatic heterocycles. The first-order valence-corrected chi connectivity index (χ1v) is 11.0. The summed E-state index contributed by atoms with van der Waals surface area (Å²) < 4.78 is 6.12. The first-order valence-electron chi connectivity index (χ1n) is 10.6. The fourth-order valence-electron chi connectivity index (χ4n) is 4.62. The normalized spacial score (nSPS) is 22.3. The number of carboxylic acids is 1. The molecule has 1 aromatic carbocycles. The van der Waals surface area contributed by atoms with E-state index < -0.39 is 11.6 Å². The molecule has 8 heteroatoms. The van der Waals surface area contributed by atoms with Crippen LogP contribution in [0.15, 0.2) is 23.2 Å². The second-order valence-corrected chi connectivity index (χ2v) is 9.34. The molecule has 4 rings (SSSR count).